The molecule has 7 nitrogen and oxygen atoms in total. The van der Waals surface area contributed by atoms with Gasteiger partial charge in [-0.3, -0.25) is 19.3 Å². The Morgan fingerprint density at radius 1 is 1.43 bits per heavy atom. The highest BCUT2D eigenvalue weighted by molar-refractivity contribution is 6.33. The van der Waals surface area contributed by atoms with Crippen LogP contribution in [-0.2, 0) is 16.1 Å². The number of aromatic nitrogens is 2. The molecule has 2 rings (SSSR count). The zero-order valence-electron chi connectivity index (χ0n) is 11.9. The van der Waals surface area contributed by atoms with Gasteiger partial charge >= 0.3 is 0 Å². The second-order valence-electron chi connectivity index (χ2n) is 4.93. The van der Waals surface area contributed by atoms with Crippen LogP contribution >= 0.6 is 11.6 Å². The largest absolute Gasteiger partial charge is 0.371 e. The smallest absolute Gasteiger partial charge is 0.287 e. The Balaban J connectivity index is 2.21. The zero-order valence-corrected chi connectivity index (χ0v) is 12.7. The summed E-state index contributed by atoms with van der Waals surface area (Å²) in [6, 6.07) is -0.576. The summed E-state index contributed by atoms with van der Waals surface area (Å²) in [5.41, 5.74) is -0.0775. The van der Waals surface area contributed by atoms with Crippen LogP contribution in [0.25, 0.3) is 0 Å². The first-order valence-corrected chi connectivity index (χ1v) is 7.16. The maximum Gasteiger partial charge on any atom is 0.287 e. The number of likely N-dealkylation sites (N-methyl/N-ethyl adjacent to an activating group) is 1. The second-order valence-corrected chi connectivity index (χ2v) is 5.31. The van der Waals surface area contributed by atoms with Crippen LogP contribution in [0.5, 0.6) is 0 Å². The highest BCUT2D eigenvalue weighted by Crippen LogP contribution is 2.21. The molecule has 1 N–H and O–H groups in total. The number of amides is 2. The third kappa shape index (κ3) is 3.07. The van der Waals surface area contributed by atoms with Crippen LogP contribution in [0.2, 0.25) is 5.02 Å². The van der Waals surface area contributed by atoms with E-state index in [0.29, 0.717) is 18.7 Å². The van der Waals surface area contributed by atoms with Crippen LogP contribution in [-0.4, -0.2) is 39.6 Å². The topological polar surface area (TPSA) is 84.3 Å². The second kappa shape index (κ2) is 6.26. The summed E-state index contributed by atoms with van der Waals surface area (Å²) in [6.07, 6.45) is 2.85. The van der Waals surface area contributed by atoms with Crippen molar-refractivity contribution in [3.8, 4) is 0 Å². The molecule has 0 aliphatic carbocycles. The van der Waals surface area contributed by atoms with Crippen molar-refractivity contribution >= 4 is 29.1 Å². The van der Waals surface area contributed by atoms with Crippen molar-refractivity contribution in [2.75, 3.05) is 12.4 Å². The first kappa shape index (κ1) is 15.5. The number of hydrogen-bond acceptors (Lipinski definition) is 5. The number of hydrogen-bond donors (Lipinski definition) is 1. The van der Waals surface area contributed by atoms with Crippen LogP contribution in [0.4, 0.5) is 5.69 Å². The van der Waals surface area contributed by atoms with Crippen molar-refractivity contribution in [3.63, 3.8) is 0 Å². The number of nitrogens with one attached hydrogen (secondary N) is 1. The van der Waals surface area contributed by atoms with Gasteiger partial charge in [0.15, 0.2) is 0 Å². The molecule has 8 heteroatoms. The lowest BCUT2D eigenvalue weighted by atomic mass is 10.0. The molecule has 1 aliphatic heterocycles. The predicted molar refractivity (Wildman–Crippen MR) is 78.2 cm³/mol. The molecule has 21 heavy (non-hydrogen) atoms. The van der Waals surface area contributed by atoms with E-state index in [2.05, 4.69) is 10.4 Å². The fourth-order valence-electron chi connectivity index (χ4n) is 2.17. The molecule has 1 atom stereocenters. The molecule has 1 unspecified atom stereocenters. The molecule has 0 aromatic carbocycles. The monoisotopic (exact) mass is 312 g/mol. The zero-order chi connectivity index (χ0) is 15.6. The number of carbonyl (C=O) groups is 2. The maximum atomic E-state index is 12.0. The van der Waals surface area contributed by atoms with Crippen LogP contribution in [0, 0.1) is 0 Å². The van der Waals surface area contributed by atoms with Crippen molar-refractivity contribution in [3.05, 3.63) is 21.6 Å². The molecule has 2 amide bonds. The molecular weight excluding hydrogens is 296 g/mol. The van der Waals surface area contributed by atoms with E-state index in [1.54, 1.807) is 0 Å². The summed E-state index contributed by atoms with van der Waals surface area (Å²) in [5.74, 6) is -0.541. The highest BCUT2D eigenvalue weighted by atomic mass is 35.5. The Bertz CT molecular complexity index is 628. The first-order chi connectivity index (χ1) is 9.95. The Labute approximate surface area is 126 Å². The van der Waals surface area contributed by atoms with E-state index >= 15 is 0 Å². The predicted octanol–water partition coefficient (Wildman–Crippen LogP) is 0.866. The van der Waals surface area contributed by atoms with Gasteiger partial charge in [0, 0.05) is 20.0 Å². The van der Waals surface area contributed by atoms with E-state index in [1.165, 1.54) is 17.9 Å². The summed E-state index contributed by atoms with van der Waals surface area (Å²) in [7, 11) is 1.44. The molecule has 0 spiro atoms. The fourth-order valence-corrected chi connectivity index (χ4v) is 2.37. The van der Waals surface area contributed by atoms with Crippen LogP contribution in [0.1, 0.15) is 26.2 Å². The van der Waals surface area contributed by atoms with Gasteiger partial charge in [0.25, 0.3) is 11.5 Å². The SMILES string of the molecule is CCCn1ncc(NC2CCC(=O)N(C)C2=O)c(Cl)c1=O. The number of anilines is 1. The molecule has 1 saturated heterocycles. The average molecular weight is 313 g/mol. The lowest BCUT2D eigenvalue weighted by Gasteiger charge is -2.28. The van der Waals surface area contributed by atoms with Gasteiger partial charge in [-0.2, -0.15) is 5.10 Å². The van der Waals surface area contributed by atoms with E-state index < -0.39 is 11.6 Å². The minimum absolute atomic E-state index is 0.00537. The van der Waals surface area contributed by atoms with E-state index in [-0.39, 0.29) is 23.3 Å². The summed E-state index contributed by atoms with van der Waals surface area (Å²) in [4.78, 5) is 36.5. The summed E-state index contributed by atoms with van der Waals surface area (Å²) < 4.78 is 1.28. The van der Waals surface area contributed by atoms with E-state index in [1.807, 2.05) is 6.92 Å². The fraction of sp³-hybridized carbons (Fsp3) is 0.538. The van der Waals surface area contributed by atoms with Gasteiger partial charge < -0.3 is 5.32 Å². The lowest BCUT2D eigenvalue weighted by molar-refractivity contribution is -0.146. The van der Waals surface area contributed by atoms with Gasteiger partial charge in [-0.15, -0.1) is 0 Å². The highest BCUT2D eigenvalue weighted by Gasteiger charge is 2.32. The van der Waals surface area contributed by atoms with Gasteiger partial charge in [0.1, 0.15) is 11.1 Å². The number of piperidine rings is 1. The van der Waals surface area contributed by atoms with Crippen molar-refractivity contribution in [1.82, 2.24) is 14.7 Å². The number of likely N-dealkylation sites (tertiary alicyclic amines) is 1. The number of imide groups is 1. The third-order valence-corrected chi connectivity index (χ3v) is 3.76. The van der Waals surface area contributed by atoms with Gasteiger partial charge in [-0.25, -0.2) is 4.68 Å². The van der Waals surface area contributed by atoms with Crippen molar-refractivity contribution in [1.29, 1.82) is 0 Å². The molecule has 0 bridgehead atoms. The van der Waals surface area contributed by atoms with E-state index in [4.69, 9.17) is 11.6 Å². The van der Waals surface area contributed by atoms with Crippen LogP contribution < -0.4 is 10.9 Å². The van der Waals surface area contributed by atoms with Crippen LogP contribution in [0.3, 0.4) is 0 Å². The maximum absolute atomic E-state index is 12.0. The minimum atomic E-state index is -0.576. The van der Waals surface area contributed by atoms with Crippen molar-refractivity contribution in [2.45, 2.75) is 38.8 Å². The molecular formula is C13H17ClN4O3. The summed E-state index contributed by atoms with van der Waals surface area (Å²) >= 11 is 6.04. The normalized spacial score (nSPS) is 19.0. The van der Waals surface area contributed by atoms with Crippen molar-refractivity contribution in [2.24, 2.45) is 0 Å². The third-order valence-electron chi connectivity index (χ3n) is 3.40. The number of aryl methyl sites for hydroxylation is 1. The molecule has 1 aromatic heterocycles. The first-order valence-electron chi connectivity index (χ1n) is 6.78. The molecule has 114 valence electrons. The molecule has 2 heterocycles. The van der Waals surface area contributed by atoms with Gasteiger partial charge in [0.2, 0.25) is 5.91 Å². The van der Waals surface area contributed by atoms with E-state index in [9.17, 15) is 14.4 Å². The standard InChI is InChI=1S/C13H17ClN4O3/c1-3-6-18-13(21)11(14)9(7-15-18)16-8-4-5-10(19)17(2)12(8)20/h7-8,16H,3-6H2,1-2H3. The quantitative estimate of drug-likeness (QED) is 0.834. The number of carbonyl (C=O) groups excluding carboxylic acids is 2. The van der Waals surface area contributed by atoms with Crippen LogP contribution in [0.15, 0.2) is 11.0 Å². The molecule has 0 radical (unpaired) electrons. The number of nitrogens with zero attached hydrogens (tertiary/aromatic N) is 3. The lowest BCUT2D eigenvalue weighted by Crippen LogP contribution is -2.48. The average Bonchev–Trinajstić information content (AvgIpc) is 2.47. The molecule has 1 aromatic rings. The summed E-state index contributed by atoms with van der Waals surface area (Å²) in [5, 5.41) is 6.93. The Hall–Kier alpha value is -1.89. The van der Waals surface area contributed by atoms with Crippen molar-refractivity contribution < 1.29 is 9.59 Å². The number of rotatable bonds is 4. The Morgan fingerprint density at radius 2 is 2.14 bits per heavy atom. The van der Waals surface area contributed by atoms with Gasteiger partial charge in [-0.05, 0) is 12.8 Å². The Kier molecular flexibility index (Phi) is 4.62. The minimum Gasteiger partial charge on any atom is -0.371 e. The molecule has 1 fully saturated rings. The van der Waals surface area contributed by atoms with Gasteiger partial charge in [0.05, 0.1) is 11.9 Å². The van der Waals surface area contributed by atoms with Gasteiger partial charge in [-0.1, -0.05) is 18.5 Å². The summed E-state index contributed by atoms with van der Waals surface area (Å²) in [6.45, 7) is 2.42. The number of halogens is 1. The molecule has 1 aliphatic rings. The molecule has 0 saturated carbocycles. The van der Waals surface area contributed by atoms with E-state index in [0.717, 1.165) is 11.3 Å². The Morgan fingerprint density at radius 3 is 2.81 bits per heavy atom.